The molecule has 0 unspecified atom stereocenters. The second-order valence-electron chi connectivity index (χ2n) is 6.25. The summed E-state index contributed by atoms with van der Waals surface area (Å²) in [5, 5.41) is 5.54. The molecule has 1 aromatic carbocycles. The molecule has 0 amide bonds. The van der Waals surface area contributed by atoms with E-state index in [1.165, 1.54) is 47.2 Å². The Kier molecular flexibility index (Phi) is 4.90. The van der Waals surface area contributed by atoms with Crippen molar-refractivity contribution in [3.63, 3.8) is 0 Å². The Morgan fingerprint density at radius 3 is 2.76 bits per heavy atom. The summed E-state index contributed by atoms with van der Waals surface area (Å²) in [6, 6.07) is 6.71. The van der Waals surface area contributed by atoms with Crippen LogP contribution in [0.2, 0.25) is 0 Å². The number of nitrogens with one attached hydrogen (secondary N) is 1. The number of hydrogen-bond donors (Lipinski definition) is 1. The molecule has 1 aliphatic carbocycles. The van der Waals surface area contributed by atoms with Crippen molar-refractivity contribution in [2.24, 2.45) is 0 Å². The predicted molar refractivity (Wildman–Crippen MR) is 104 cm³/mol. The molecule has 0 bridgehead atoms. The van der Waals surface area contributed by atoms with Gasteiger partial charge in [-0.15, -0.1) is 11.3 Å². The second-order valence-corrected chi connectivity index (χ2v) is 8.11. The number of anilines is 1. The zero-order chi connectivity index (χ0) is 17.2. The predicted octanol–water partition coefficient (Wildman–Crippen LogP) is 5.09. The minimum absolute atomic E-state index is 0.191. The van der Waals surface area contributed by atoms with E-state index in [2.05, 4.69) is 5.32 Å². The van der Waals surface area contributed by atoms with E-state index in [9.17, 15) is 4.39 Å². The minimum atomic E-state index is -0.191. The Morgan fingerprint density at radius 1 is 1.16 bits per heavy atom. The van der Waals surface area contributed by atoms with Gasteiger partial charge >= 0.3 is 0 Å². The highest BCUT2D eigenvalue weighted by Gasteiger charge is 2.20. The maximum Gasteiger partial charge on any atom is 0.190 e. The zero-order valence-electron chi connectivity index (χ0n) is 14.1. The summed E-state index contributed by atoms with van der Waals surface area (Å²) in [5.74, 6) is 0.764. The van der Waals surface area contributed by atoms with Gasteiger partial charge in [0.2, 0.25) is 0 Å². The van der Waals surface area contributed by atoms with E-state index in [4.69, 9.17) is 9.97 Å². The first-order valence-corrected chi connectivity index (χ1v) is 10.6. The van der Waals surface area contributed by atoms with Gasteiger partial charge in [-0.3, -0.25) is 0 Å². The number of benzene rings is 1. The number of aromatic nitrogens is 2. The standard InChI is InChI=1S/C19H20FN3S2/c1-24-19-22-17(21-11-10-12-6-8-13(20)9-7-12)16-14-4-2-3-5-15(14)25-18(16)23-19/h6-9H,2-5,10-11H2,1H3,(H,21,22,23). The van der Waals surface area contributed by atoms with Gasteiger partial charge in [-0.2, -0.15) is 0 Å². The van der Waals surface area contributed by atoms with E-state index in [1.807, 2.05) is 29.7 Å². The van der Waals surface area contributed by atoms with Gasteiger partial charge < -0.3 is 5.32 Å². The van der Waals surface area contributed by atoms with E-state index >= 15 is 0 Å². The summed E-state index contributed by atoms with van der Waals surface area (Å²) >= 11 is 3.41. The molecule has 1 N–H and O–H groups in total. The highest BCUT2D eigenvalue weighted by molar-refractivity contribution is 7.98. The summed E-state index contributed by atoms with van der Waals surface area (Å²) in [7, 11) is 0. The number of thiophene rings is 1. The van der Waals surface area contributed by atoms with E-state index in [-0.39, 0.29) is 5.82 Å². The van der Waals surface area contributed by atoms with Crippen LogP contribution in [-0.2, 0) is 19.3 Å². The lowest BCUT2D eigenvalue weighted by molar-refractivity contribution is 0.627. The first kappa shape index (κ1) is 16.8. The van der Waals surface area contributed by atoms with Crippen LogP contribution in [0.5, 0.6) is 0 Å². The highest BCUT2D eigenvalue weighted by Crippen LogP contribution is 2.39. The molecule has 0 saturated heterocycles. The van der Waals surface area contributed by atoms with Gasteiger partial charge in [-0.1, -0.05) is 23.9 Å². The molecule has 2 heterocycles. The number of fused-ring (bicyclic) bond motifs is 3. The molecular formula is C19H20FN3S2. The number of halogens is 1. The quantitative estimate of drug-likeness (QED) is 0.500. The second kappa shape index (κ2) is 7.30. The Balaban J connectivity index is 1.60. The largest absolute Gasteiger partial charge is 0.369 e. The monoisotopic (exact) mass is 373 g/mol. The van der Waals surface area contributed by atoms with Crippen molar-refractivity contribution in [3.05, 3.63) is 46.1 Å². The van der Waals surface area contributed by atoms with Crippen LogP contribution >= 0.6 is 23.1 Å². The number of aryl methyl sites for hydroxylation is 2. The molecule has 2 aromatic heterocycles. The summed E-state index contributed by atoms with van der Waals surface area (Å²) < 4.78 is 13.0. The van der Waals surface area contributed by atoms with E-state index < -0.39 is 0 Å². The fraction of sp³-hybridized carbons (Fsp3) is 0.368. The normalized spacial score (nSPS) is 13.8. The van der Waals surface area contributed by atoms with Crippen LogP contribution < -0.4 is 5.32 Å². The van der Waals surface area contributed by atoms with Gasteiger partial charge in [0.25, 0.3) is 0 Å². The third-order valence-electron chi connectivity index (χ3n) is 4.60. The molecule has 1 aliphatic rings. The van der Waals surface area contributed by atoms with Crippen LogP contribution in [0.15, 0.2) is 29.4 Å². The smallest absolute Gasteiger partial charge is 0.190 e. The molecule has 25 heavy (non-hydrogen) atoms. The lowest BCUT2D eigenvalue weighted by Crippen LogP contribution is -2.08. The molecular weight excluding hydrogens is 353 g/mol. The molecule has 0 atom stereocenters. The van der Waals surface area contributed by atoms with Crippen molar-refractivity contribution in [2.45, 2.75) is 37.3 Å². The molecule has 0 aliphatic heterocycles. The summed E-state index contributed by atoms with van der Waals surface area (Å²) in [6.07, 6.45) is 7.67. The van der Waals surface area contributed by atoms with Gasteiger partial charge in [-0.05, 0) is 61.6 Å². The van der Waals surface area contributed by atoms with Crippen LogP contribution in [0, 0.1) is 5.82 Å². The fourth-order valence-corrected chi connectivity index (χ4v) is 5.02. The Hall–Kier alpha value is -1.66. The van der Waals surface area contributed by atoms with Crippen LogP contribution in [0.4, 0.5) is 10.2 Å². The third-order valence-corrected chi connectivity index (χ3v) is 6.33. The van der Waals surface area contributed by atoms with Crippen molar-refractivity contribution >= 4 is 39.1 Å². The lowest BCUT2D eigenvalue weighted by atomic mass is 9.97. The lowest BCUT2D eigenvalue weighted by Gasteiger charge is -2.13. The van der Waals surface area contributed by atoms with Gasteiger partial charge in [0.1, 0.15) is 16.5 Å². The van der Waals surface area contributed by atoms with E-state index in [1.54, 1.807) is 11.8 Å². The van der Waals surface area contributed by atoms with Crippen LogP contribution in [0.3, 0.4) is 0 Å². The molecule has 130 valence electrons. The van der Waals surface area contributed by atoms with Gasteiger partial charge in [0.15, 0.2) is 5.16 Å². The molecule has 3 aromatic rings. The number of hydrogen-bond acceptors (Lipinski definition) is 5. The molecule has 4 rings (SSSR count). The average molecular weight is 374 g/mol. The molecule has 0 fully saturated rings. The maximum absolute atomic E-state index is 13.0. The minimum Gasteiger partial charge on any atom is -0.369 e. The zero-order valence-corrected chi connectivity index (χ0v) is 15.8. The fourth-order valence-electron chi connectivity index (χ4n) is 3.33. The summed E-state index contributed by atoms with van der Waals surface area (Å²) in [4.78, 5) is 12.0. The summed E-state index contributed by atoms with van der Waals surface area (Å²) in [5.41, 5.74) is 2.57. The number of thioether (sulfide) groups is 1. The van der Waals surface area contributed by atoms with Crippen LogP contribution in [-0.4, -0.2) is 22.8 Å². The molecule has 0 spiro atoms. The highest BCUT2D eigenvalue weighted by atomic mass is 32.2. The van der Waals surface area contributed by atoms with Gasteiger partial charge in [0.05, 0.1) is 5.39 Å². The van der Waals surface area contributed by atoms with Gasteiger partial charge in [0, 0.05) is 11.4 Å². The molecule has 6 heteroatoms. The first-order valence-electron chi connectivity index (χ1n) is 8.59. The average Bonchev–Trinajstić information content (AvgIpc) is 3.01. The van der Waals surface area contributed by atoms with Gasteiger partial charge in [-0.25, -0.2) is 14.4 Å². The Bertz CT molecular complexity index is 890. The van der Waals surface area contributed by atoms with Crippen molar-refractivity contribution in [1.29, 1.82) is 0 Å². The Morgan fingerprint density at radius 2 is 1.96 bits per heavy atom. The Labute approximate surface area is 155 Å². The topological polar surface area (TPSA) is 37.8 Å². The third kappa shape index (κ3) is 3.51. The number of nitrogens with zero attached hydrogens (tertiary/aromatic N) is 2. The van der Waals surface area contributed by atoms with E-state index in [0.717, 1.165) is 40.8 Å². The van der Waals surface area contributed by atoms with Crippen molar-refractivity contribution in [2.75, 3.05) is 18.1 Å². The first-order chi connectivity index (χ1) is 12.2. The maximum atomic E-state index is 13.0. The molecule has 0 radical (unpaired) electrons. The van der Waals surface area contributed by atoms with Crippen molar-refractivity contribution < 1.29 is 4.39 Å². The molecule has 3 nitrogen and oxygen atoms in total. The van der Waals surface area contributed by atoms with E-state index in [0.29, 0.717) is 0 Å². The number of rotatable bonds is 5. The van der Waals surface area contributed by atoms with Crippen molar-refractivity contribution in [3.8, 4) is 0 Å². The van der Waals surface area contributed by atoms with Crippen molar-refractivity contribution in [1.82, 2.24) is 9.97 Å². The van der Waals surface area contributed by atoms with Crippen LogP contribution in [0.1, 0.15) is 28.8 Å². The molecule has 0 saturated carbocycles. The SMILES string of the molecule is CSc1nc(NCCc2ccc(F)cc2)c2c3c(sc2n1)CCCC3. The van der Waals surface area contributed by atoms with Crippen LogP contribution in [0.25, 0.3) is 10.2 Å². The summed E-state index contributed by atoms with van der Waals surface area (Å²) in [6.45, 7) is 0.774.